The van der Waals surface area contributed by atoms with Gasteiger partial charge in [0.2, 0.25) is 0 Å². The van der Waals surface area contributed by atoms with Gasteiger partial charge in [0.05, 0.1) is 0 Å². The number of fused-ring (bicyclic) bond motifs is 2. The van der Waals surface area contributed by atoms with E-state index in [9.17, 15) is 0 Å². The fourth-order valence-corrected chi connectivity index (χ4v) is 5.85. The van der Waals surface area contributed by atoms with Crippen LogP contribution in [-0.2, 0) is 6.42 Å². The van der Waals surface area contributed by atoms with E-state index in [-0.39, 0.29) is 0 Å². The summed E-state index contributed by atoms with van der Waals surface area (Å²) in [4.78, 5) is 4.67. The maximum Gasteiger partial charge on any atom is 0.0467 e. The van der Waals surface area contributed by atoms with Crippen LogP contribution in [0.25, 0.3) is 12.2 Å². The van der Waals surface area contributed by atoms with E-state index in [1.54, 1.807) is 0 Å². The summed E-state index contributed by atoms with van der Waals surface area (Å²) in [5.74, 6) is 0. The predicted octanol–water partition coefficient (Wildman–Crippen LogP) is 11.0. The fourth-order valence-electron chi connectivity index (χ4n) is 5.85. The molecule has 42 heavy (non-hydrogen) atoms. The highest BCUT2D eigenvalue weighted by molar-refractivity contribution is 5.84. The molecule has 0 unspecified atom stereocenters. The minimum absolute atomic E-state index is 0.894. The molecular weight excluding hydrogens is 508 g/mol. The average molecular weight is 541 g/mol. The van der Waals surface area contributed by atoms with E-state index in [1.165, 1.54) is 27.8 Å². The highest BCUT2D eigenvalue weighted by Gasteiger charge is 2.18. The molecule has 0 fully saturated rings. The number of hydrogen-bond acceptors (Lipinski definition) is 2. The van der Waals surface area contributed by atoms with E-state index in [4.69, 9.17) is 0 Å². The Hall–Kier alpha value is -5.34. The molecule has 0 saturated carbocycles. The van der Waals surface area contributed by atoms with Crippen molar-refractivity contribution in [2.45, 2.75) is 13.3 Å². The second kappa shape index (κ2) is 11.3. The van der Waals surface area contributed by atoms with E-state index in [1.807, 2.05) is 0 Å². The number of anilines is 6. The Kier molecular flexibility index (Phi) is 6.87. The molecule has 0 radical (unpaired) electrons. The number of nitrogens with zero attached hydrogens (tertiary/aromatic N) is 2. The smallest absolute Gasteiger partial charge is 0.0467 e. The zero-order valence-corrected chi connectivity index (χ0v) is 23.7. The molecule has 2 nitrogen and oxygen atoms in total. The van der Waals surface area contributed by atoms with Gasteiger partial charge in [-0.2, -0.15) is 0 Å². The maximum absolute atomic E-state index is 2.34. The summed E-state index contributed by atoms with van der Waals surface area (Å²) in [6, 6.07) is 54.2. The number of benzene rings is 6. The van der Waals surface area contributed by atoms with E-state index in [2.05, 4.69) is 181 Å². The molecule has 0 bridgehead atoms. The van der Waals surface area contributed by atoms with Crippen LogP contribution in [-0.4, -0.2) is 0 Å². The Bertz CT molecular complexity index is 1820. The quantitative estimate of drug-likeness (QED) is 0.207. The summed E-state index contributed by atoms with van der Waals surface area (Å²) in [6.45, 7) is 2.15. The van der Waals surface area contributed by atoms with Gasteiger partial charge in [-0.25, -0.2) is 0 Å². The number of hydrogen-bond donors (Lipinski definition) is 0. The van der Waals surface area contributed by atoms with Gasteiger partial charge in [0.1, 0.15) is 0 Å². The van der Waals surface area contributed by atoms with Gasteiger partial charge in [-0.3, -0.25) is 0 Å². The van der Waals surface area contributed by atoms with E-state index < -0.39 is 0 Å². The molecule has 0 N–H and O–H groups in total. The molecule has 2 heteroatoms. The second-order valence-corrected chi connectivity index (χ2v) is 10.8. The van der Waals surface area contributed by atoms with Crippen LogP contribution in [0.15, 0.2) is 152 Å². The highest BCUT2D eigenvalue weighted by Crippen LogP contribution is 2.39. The summed E-state index contributed by atoms with van der Waals surface area (Å²) in [6.07, 6.45) is 5.45. The lowest BCUT2D eigenvalue weighted by Crippen LogP contribution is -2.10. The highest BCUT2D eigenvalue weighted by atomic mass is 15.1. The molecule has 6 aromatic carbocycles. The average Bonchev–Trinajstić information content (AvgIpc) is 3.22. The first-order valence-corrected chi connectivity index (χ1v) is 14.5. The van der Waals surface area contributed by atoms with Gasteiger partial charge in [0.25, 0.3) is 0 Å². The van der Waals surface area contributed by atoms with Crippen molar-refractivity contribution in [3.05, 3.63) is 179 Å². The largest absolute Gasteiger partial charge is 0.310 e. The normalized spacial score (nSPS) is 11.7. The van der Waals surface area contributed by atoms with Crippen molar-refractivity contribution < 1.29 is 0 Å². The lowest BCUT2D eigenvalue weighted by molar-refractivity contribution is 1.17. The van der Waals surface area contributed by atoms with Crippen molar-refractivity contribution in [2.24, 2.45) is 0 Å². The van der Waals surface area contributed by atoms with Crippen LogP contribution >= 0.6 is 0 Å². The Labute approximate surface area is 248 Å². The first kappa shape index (κ1) is 25.6. The van der Waals surface area contributed by atoms with Crippen molar-refractivity contribution >= 4 is 46.3 Å². The summed E-state index contributed by atoms with van der Waals surface area (Å²) in [5.41, 5.74) is 13.3. The lowest BCUT2D eigenvalue weighted by Gasteiger charge is -2.26. The molecule has 0 amide bonds. The molecule has 0 spiro atoms. The van der Waals surface area contributed by atoms with Gasteiger partial charge in [-0.05, 0) is 114 Å². The van der Waals surface area contributed by atoms with Gasteiger partial charge in [-0.15, -0.1) is 0 Å². The Morgan fingerprint density at radius 2 is 0.786 bits per heavy atom. The number of rotatable bonds is 6. The van der Waals surface area contributed by atoms with Gasteiger partial charge in [0.15, 0.2) is 0 Å². The Morgan fingerprint density at radius 1 is 0.381 bits per heavy atom. The molecule has 6 aromatic rings. The van der Waals surface area contributed by atoms with Gasteiger partial charge >= 0.3 is 0 Å². The van der Waals surface area contributed by atoms with Gasteiger partial charge < -0.3 is 9.80 Å². The monoisotopic (exact) mass is 540 g/mol. The topological polar surface area (TPSA) is 6.48 Å². The standard InChI is InChI=1S/C40H32N2/c1-30-12-11-19-38(26-30)42(37-17-9-4-10-18-37)40-25-23-32-27-31-22-24-39(28-33(31)20-21-34(32)29-40)41(35-13-5-2-6-14-35)36-15-7-3-8-16-36/h2-26,28-29H,27H2,1H3. The van der Waals surface area contributed by atoms with Crippen LogP contribution in [0.1, 0.15) is 27.8 Å². The molecule has 0 saturated heterocycles. The van der Waals surface area contributed by atoms with Gasteiger partial charge in [-0.1, -0.05) is 91.0 Å². The van der Waals surface area contributed by atoms with Crippen molar-refractivity contribution in [3.63, 3.8) is 0 Å². The molecule has 0 heterocycles. The molecule has 1 aliphatic carbocycles. The maximum atomic E-state index is 2.34. The van der Waals surface area contributed by atoms with E-state index in [0.717, 1.165) is 40.5 Å². The molecule has 202 valence electrons. The molecule has 1 aliphatic rings. The predicted molar refractivity (Wildman–Crippen MR) is 179 cm³/mol. The zero-order chi connectivity index (χ0) is 28.3. The molecule has 0 atom stereocenters. The fraction of sp³-hybridized carbons (Fsp3) is 0.0500. The molecular formula is C40H32N2. The third-order valence-electron chi connectivity index (χ3n) is 7.90. The van der Waals surface area contributed by atoms with Crippen LogP contribution < -0.4 is 9.80 Å². The van der Waals surface area contributed by atoms with Crippen LogP contribution in [0.5, 0.6) is 0 Å². The van der Waals surface area contributed by atoms with Crippen molar-refractivity contribution in [2.75, 3.05) is 9.80 Å². The lowest BCUT2D eigenvalue weighted by atomic mass is 9.98. The van der Waals surface area contributed by atoms with E-state index in [0.29, 0.717) is 0 Å². The summed E-state index contributed by atoms with van der Waals surface area (Å²) in [5, 5.41) is 0. The summed E-state index contributed by atoms with van der Waals surface area (Å²) < 4.78 is 0. The van der Waals surface area contributed by atoms with Crippen LogP contribution in [0.2, 0.25) is 0 Å². The Morgan fingerprint density at radius 3 is 1.24 bits per heavy atom. The van der Waals surface area contributed by atoms with Crippen molar-refractivity contribution in [3.8, 4) is 0 Å². The zero-order valence-electron chi connectivity index (χ0n) is 23.7. The molecule has 0 aliphatic heterocycles. The summed E-state index contributed by atoms with van der Waals surface area (Å²) >= 11 is 0. The van der Waals surface area contributed by atoms with Crippen LogP contribution in [0.4, 0.5) is 34.1 Å². The number of para-hydroxylation sites is 3. The summed E-state index contributed by atoms with van der Waals surface area (Å²) in [7, 11) is 0. The van der Waals surface area contributed by atoms with Crippen molar-refractivity contribution in [1.29, 1.82) is 0 Å². The van der Waals surface area contributed by atoms with Crippen molar-refractivity contribution in [1.82, 2.24) is 0 Å². The SMILES string of the molecule is Cc1cccc(N(c2ccccc2)c2ccc3c(c2)C=Cc2cc(N(c4ccccc4)c4ccccc4)ccc2C3)c1. The molecule has 0 aromatic heterocycles. The van der Waals surface area contributed by atoms with E-state index >= 15 is 0 Å². The van der Waals surface area contributed by atoms with Gasteiger partial charge in [0, 0.05) is 34.1 Å². The third kappa shape index (κ3) is 5.11. The van der Waals surface area contributed by atoms with Crippen LogP contribution in [0.3, 0.4) is 0 Å². The number of aryl methyl sites for hydroxylation is 1. The molecule has 7 rings (SSSR count). The third-order valence-corrected chi connectivity index (χ3v) is 7.90. The van der Waals surface area contributed by atoms with Crippen LogP contribution in [0, 0.1) is 6.92 Å². The minimum atomic E-state index is 0.894. The minimum Gasteiger partial charge on any atom is -0.310 e. The Balaban J connectivity index is 1.27. The second-order valence-electron chi connectivity index (χ2n) is 10.8. The first-order chi connectivity index (χ1) is 20.7. The first-order valence-electron chi connectivity index (χ1n) is 14.5.